The first-order chi connectivity index (χ1) is 7.24. The molecule has 1 atom stereocenters. The summed E-state index contributed by atoms with van der Waals surface area (Å²) in [5, 5.41) is 9.85. The monoisotopic (exact) mass is 205 g/mol. The maximum atomic E-state index is 9.85. The Kier molecular flexibility index (Phi) is 2.70. The predicted octanol–water partition coefficient (Wildman–Crippen LogP) is 1.02. The van der Waals surface area contributed by atoms with Gasteiger partial charge >= 0.3 is 0 Å². The van der Waals surface area contributed by atoms with Crippen LogP contribution in [0.5, 0.6) is 0 Å². The van der Waals surface area contributed by atoms with Crippen LogP contribution in [0.25, 0.3) is 5.65 Å². The third-order valence-corrected chi connectivity index (χ3v) is 2.56. The molecular weight excluding hydrogens is 190 g/mol. The zero-order valence-corrected chi connectivity index (χ0v) is 8.72. The van der Waals surface area contributed by atoms with Crippen molar-refractivity contribution in [3.05, 3.63) is 35.8 Å². The van der Waals surface area contributed by atoms with Crippen LogP contribution in [0, 0.1) is 6.92 Å². The minimum atomic E-state index is -0.560. The molecule has 0 aliphatic rings. The molecule has 1 unspecified atom stereocenters. The SMILES string of the molecule is Cc1c(C(O)CCN)nc2ccccn12. The van der Waals surface area contributed by atoms with Gasteiger partial charge in [-0.1, -0.05) is 6.07 Å². The Morgan fingerprint density at radius 3 is 3.00 bits per heavy atom. The molecule has 0 bridgehead atoms. The van der Waals surface area contributed by atoms with E-state index in [0.717, 1.165) is 17.0 Å². The summed E-state index contributed by atoms with van der Waals surface area (Å²) in [4.78, 5) is 4.39. The first-order valence-electron chi connectivity index (χ1n) is 5.05. The van der Waals surface area contributed by atoms with Gasteiger partial charge in [-0.05, 0) is 32.0 Å². The summed E-state index contributed by atoms with van der Waals surface area (Å²) < 4.78 is 1.97. The summed E-state index contributed by atoms with van der Waals surface area (Å²) in [6.45, 7) is 2.42. The molecule has 4 nitrogen and oxygen atoms in total. The highest BCUT2D eigenvalue weighted by atomic mass is 16.3. The molecule has 0 aromatic carbocycles. The van der Waals surface area contributed by atoms with E-state index in [-0.39, 0.29) is 0 Å². The number of pyridine rings is 1. The second-order valence-corrected chi connectivity index (χ2v) is 3.60. The highest BCUT2D eigenvalue weighted by molar-refractivity contribution is 5.43. The summed E-state index contributed by atoms with van der Waals surface area (Å²) in [5.41, 5.74) is 7.99. The fourth-order valence-corrected chi connectivity index (χ4v) is 1.75. The van der Waals surface area contributed by atoms with Gasteiger partial charge < -0.3 is 15.2 Å². The number of aromatic nitrogens is 2. The standard InChI is InChI=1S/C11H15N3O/c1-8-11(9(15)5-6-12)13-10-4-2-3-7-14(8)10/h2-4,7,9,15H,5-6,12H2,1H3. The number of fused-ring (bicyclic) bond motifs is 1. The lowest BCUT2D eigenvalue weighted by Gasteiger charge is -2.06. The largest absolute Gasteiger partial charge is 0.387 e. The lowest BCUT2D eigenvalue weighted by Crippen LogP contribution is -2.08. The van der Waals surface area contributed by atoms with E-state index >= 15 is 0 Å². The molecule has 2 rings (SSSR count). The first kappa shape index (κ1) is 10.1. The van der Waals surface area contributed by atoms with Crippen LogP contribution in [0.3, 0.4) is 0 Å². The fraction of sp³-hybridized carbons (Fsp3) is 0.364. The highest BCUT2D eigenvalue weighted by Gasteiger charge is 2.15. The normalized spacial score (nSPS) is 13.3. The summed E-state index contributed by atoms with van der Waals surface area (Å²) in [6.07, 6.45) is 1.93. The minimum absolute atomic E-state index is 0.467. The Hall–Kier alpha value is -1.39. The van der Waals surface area contributed by atoms with E-state index in [4.69, 9.17) is 5.73 Å². The third-order valence-electron chi connectivity index (χ3n) is 2.56. The Labute approximate surface area is 88.4 Å². The lowest BCUT2D eigenvalue weighted by molar-refractivity contribution is 0.165. The zero-order valence-electron chi connectivity index (χ0n) is 8.72. The van der Waals surface area contributed by atoms with Crippen molar-refractivity contribution in [1.82, 2.24) is 9.38 Å². The molecular formula is C11H15N3O. The Balaban J connectivity index is 2.48. The van der Waals surface area contributed by atoms with Crippen molar-refractivity contribution >= 4 is 5.65 Å². The van der Waals surface area contributed by atoms with Crippen molar-refractivity contribution in [3.63, 3.8) is 0 Å². The van der Waals surface area contributed by atoms with Crippen LogP contribution < -0.4 is 5.73 Å². The summed E-state index contributed by atoms with van der Waals surface area (Å²) in [5.74, 6) is 0. The van der Waals surface area contributed by atoms with Crippen LogP contribution in [0.1, 0.15) is 23.9 Å². The van der Waals surface area contributed by atoms with Gasteiger partial charge in [0.15, 0.2) is 0 Å². The number of imidazole rings is 1. The average molecular weight is 205 g/mol. The van der Waals surface area contributed by atoms with Crippen molar-refractivity contribution < 1.29 is 5.11 Å². The van der Waals surface area contributed by atoms with Gasteiger partial charge in [0.05, 0.1) is 11.8 Å². The summed E-state index contributed by atoms with van der Waals surface area (Å²) in [7, 11) is 0. The van der Waals surface area contributed by atoms with Crippen LogP contribution in [-0.2, 0) is 0 Å². The molecule has 15 heavy (non-hydrogen) atoms. The third kappa shape index (κ3) is 1.73. The molecule has 0 aliphatic carbocycles. The van der Waals surface area contributed by atoms with Gasteiger partial charge in [0.25, 0.3) is 0 Å². The van der Waals surface area contributed by atoms with Crippen molar-refractivity contribution in [2.45, 2.75) is 19.4 Å². The molecule has 4 heteroatoms. The van der Waals surface area contributed by atoms with Crippen molar-refractivity contribution in [2.75, 3.05) is 6.54 Å². The molecule has 0 radical (unpaired) electrons. The van der Waals surface area contributed by atoms with Gasteiger partial charge in [0.2, 0.25) is 0 Å². The summed E-state index contributed by atoms with van der Waals surface area (Å²) >= 11 is 0. The Morgan fingerprint density at radius 1 is 1.53 bits per heavy atom. The van der Waals surface area contributed by atoms with Crippen LogP contribution in [-0.4, -0.2) is 21.0 Å². The maximum absolute atomic E-state index is 9.85. The van der Waals surface area contributed by atoms with E-state index in [2.05, 4.69) is 4.98 Å². The fourth-order valence-electron chi connectivity index (χ4n) is 1.75. The van der Waals surface area contributed by atoms with Gasteiger partial charge in [-0.2, -0.15) is 0 Å². The molecule has 0 aliphatic heterocycles. The maximum Gasteiger partial charge on any atom is 0.137 e. The first-order valence-corrected chi connectivity index (χ1v) is 5.05. The van der Waals surface area contributed by atoms with E-state index < -0.39 is 6.10 Å². The smallest absolute Gasteiger partial charge is 0.137 e. The molecule has 2 aromatic rings. The van der Waals surface area contributed by atoms with Gasteiger partial charge in [0.1, 0.15) is 5.65 Å². The lowest BCUT2D eigenvalue weighted by atomic mass is 10.1. The molecule has 0 spiro atoms. The molecule has 0 amide bonds. The van der Waals surface area contributed by atoms with Crippen molar-refractivity contribution in [3.8, 4) is 0 Å². The number of aryl methyl sites for hydroxylation is 1. The van der Waals surface area contributed by atoms with E-state index in [9.17, 15) is 5.11 Å². The van der Waals surface area contributed by atoms with Gasteiger partial charge in [0, 0.05) is 11.9 Å². The molecule has 2 aromatic heterocycles. The van der Waals surface area contributed by atoms with E-state index in [0.29, 0.717) is 13.0 Å². The van der Waals surface area contributed by atoms with Gasteiger partial charge in [-0.15, -0.1) is 0 Å². The van der Waals surface area contributed by atoms with Gasteiger partial charge in [-0.3, -0.25) is 0 Å². The average Bonchev–Trinajstić information content (AvgIpc) is 2.57. The number of nitrogens with two attached hydrogens (primary N) is 1. The van der Waals surface area contributed by atoms with Crippen LogP contribution in [0.4, 0.5) is 0 Å². The number of rotatable bonds is 3. The molecule has 0 saturated carbocycles. The quantitative estimate of drug-likeness (QED) is 0.786. The van der Waals surface area contributed by atoms with E-state index in [1.807, 2.05) is 35.7 Å². The van der Waals surface area contributed by atoms with E-state index in [1.165, 1.54) is 0 Å². The van der Waals surface area contributed by atoms with E-state index in [1.54, 1.807) is 0 Å². The van der Waals surface area contributed by atoms with Crippen molar-refractivity contribution in [2.24, 2.45) is 5.73 Å². The molecule has 2 heterocycles. The van der Waals surface area contributed by atoms with Crippen LogP contribution >= 0.6 is 0 Å². The molecule has 0 fully saturated rings. The molecule has 3 N–H and O–H groups in total. The molecule has 0 saturated heterocycles. The number of hydrogen-bond donors (Lipinski definition) is 2. The minimum Gasteiger partial charge on any atom is -0.387 e. The number of aliphatic hydroxyl groups excluding tert-OH is 1. The highest BCUT2D eigenvalue weighted by Crippen LogP contribution is 2.20. The predicted molar refractivity (Wildman–Crippen MR) is 58.6 cm³/mol. The zero-order chi connectivity index (χ0) is 10.8. The Bertz CT molecular complexity index is 464. The number of aliphatic hydroxyl groups is 1. The van der Waals surface area contributed by atoms with Crippen LogP contribution in [0.2, 0.25) is 0 Å². The van der Waals surface area contributed by atoms with Crippen LogP contribution in [0.15, 0.2) is 24.4 Å². The second kappa shape index (κ2) is 4.00. The topological polar surface area (TPSA) is 63.5 Å². The molecule has 80 valence electrons. The Morgan fingerprint density at radius 2 is 2.33 bits per heavy atom. The van der Waals surface area contributed by atoms with Gasteiger partial charge in [-0.25, -0.2) is 4.98 Å². The summed E-state index contributed by atoms with van der Waals surface area (Å²) in [6, 6.07) is 5.80. The number of nitrogens with zero attached hydrogens (tertiary/aromatic N) is 2. The number of hydrogen-bond acceptors (Lipinski definition) is 3. The van der Waals surface area contributed by atoms with Crippen molar-refractivity contribution in [1.29, 1.82) is 0 Å². The second-order valence-electron chi connectivity index (χ2n) is 3.60.